The quantitative estimate of drug-likeness (QED) is 0.773. The third kappa shape index (κ3) is 5.78. The summed E-state index contributed by atoms with van der Waals surface area (Å²) in [5.74, 6) is 0.701. The molecule has 0 aliphatic carbocycles. The topological polar surface area (TPSA) is 68.4 Å². The van der Waals surface area contributed by atoms with Gasteiger partial charge in [-0.25, -0.2) is 9.59 Å². The second kappa shape index (κ2) is 10.5. The maximum absolute atomic E-state index is 12.8. The van der Waals surface area contributed by atoms with Gasteiger partial charge in [0.2, 0.25) is 0 Å². The molecule has 0 aromatic heterocycles. The van der Waals surface area contributed by atoms with Crippen LogP contribution in [0.5, 0.6) is 5.75 Å². The van der Waals surface area contributed by atoms with Crippen LogP contribution in [-0.2, 0) is 0 Å². The molecular weight excluding hydrogens is 382 g/mol. The summed E-state index contributed by atoms with van der Waals surface area (Å²) in [6.45, 7) is 5.02. The molecule has 1 aromatic carbocycles. The Hall–Kier alpha value is -2.48. The summed E-state index contributed by atoms with van der Waals surface area (Å²) in [6.07, 6.45) is 4.58. The van der Waals surface area contributed by atoms with Gasteiger partial charge in [0.15, 0.2) is 0 Å². The average molecular weight is 418 g/mol. The Morgan fingerprint density at radius 3 is 2.63 bits per heavy atom. The molecule has 30 heavy (non-hydrogen) atoms. The van der Waals surface area contributed by atoms with E-state index in [0.717, 1.165) is 26.1 Å². The van der Waals surface area contributed by atoms with Crippen molar-refractivity contribution in [3.63, 3.8) is 0 Å². The van der Waals surface area contributed by atoms with Crippen LogP contribution in [0.3, 0.4) is 0 Å². The van der Waals surface area contributed by atoms with Crippen LogP contribution in [0.4, 0.5) is 15.3 Å². The van der Waals surface area contributed by atoms with E-state index in [1.807, 2.05) is 23.1 Å². The van der Waals surface area contributed by atoms with E-state index < -0.39 is 0 Å². The number of amides is 4. The highest BCUT2D eigenvalue weighted by Crippen LogP contribution is 2.21. The lowest BCUT2D eigenvalue weighted by atomic mass is 10.1. The van der Waals surface area contributed by atoms with E-state index >= 15 is 0 Å². The lowest BCUT2D eigenvalue weighted by Crippen LogP contribution is -2.50. The molecule has 1 unspecified atom stereocenters. The standard InChI is InChI=1S/C22H35N5O3/c1-24(2)22(29)27(15-14-25-11-5-4-6-12-25)19-10-13-26(17-19)21(28)23-18-8-7-9-20(16-18)30-3/h7-9,16,19H,4-6,10-15,17H2,1-3H3,(H,23,28). The van der Waals surface area contributed by atoms with E-state index in [9.17, 15) is 9.59 Å². The second-order valence-electron chi connectivity index (χ2n) is 8.32. The van der Waals surface area contributed by atoms with E-state index in [4.69, 9.17) is 4.74 Å². The zero-order chi connectivity index (χ0) is 21.5. The molecule has 2 heterocycles. The Balaban J connectivity index is 1.58. The number of piperidine rings is 1. The van der Waals surface area contributed by atoms with Gasteiger partial charge in [-0.3, -0.25) is 0 Å². The van der Waals surface area contributed by atoms with Crippen molar-refractivity contribution >= 4 is 17.7 Å². The van der Waals surface area contributed by atoms with Crippen molar-refractivity contribution in [2.75, 3.05) is 65.8 Å². The molecule has 8 nitrogen and oxygen atoms in total. The fourth-order valence-electron chi connectivity index (χ4n) is 4.21. The Labute approximate surface area is 179 Å². The molecule has 0 saturated carbocycles. The van der Waals surface area contributed by atoms with Gasteiger partial charge in [-0.15, -0.1) is 0 Å². The van der Waals surface area contributed by atoms with Crippen molar-refractivity contribution in [2.24, 2.45) is 0 Å². The number of urea groups is 2. The van der Waals surface area contributed by atoms with Crippen LogP contribution >= 0.6 is 0 Å². The van der Waals surface area contributed by atoms with Gasteiger partial charge in [0.25, 0.3) is 0 Å². The first-order chi connectivity index (χ1) is 14.5. The number of benzene rings is 1. The predicted molar refractivity (Wildman–Crippen MR) is 118 cm³/mol. The largest absolute Gasteiger partial charge is 0.497 e. The molecule has 4 amide bonds. The second-order valence-corrected chi connectivity index (χ2v) is 8.32. The Bertz CT molecular complexity index is 720. The van der Waals surface area contributed by atoms with Gasteiger partial charge in [-0.2, -0.15) is 0 Å². The van der Waals surface area contributed by atoms with Gasteiger partial charge in [-0.1, -0.05) is 12.5 Å². The minimum absolute atomic E-state index is 0.0204. The highest BCUT2D eigenvalue weighted by molar-refractivity contribution is 5.89. The van der Waals surface area contributed by atoms with Crippen LogP contribution in [-0.4, -0.2) is 98.2 Å². The van der Waals surface area contributed by atoms with Crippen molar-refractivity contribution < 1.29 is 14.3 Å². The van der Waals surface area contributed by atoms with Gasteiger partial charge in [-0.05, 0) is 44.5 Å². The minimum Gasteiger partial charge on any atom is -0.497 e. The highest BCUT2D eigenvalue weighted by Gasteiger charge is 2.33. The Kier molecular flexibility index (Phi) is 7.79. The third-order valence-electron chi connectivity index (χ3n) is 5.95. The van der Waals surface area contributed by atoms with E-state index in [-0.39, 0.29) is 18.1 Å². The summed E-state index contributed by atoms with van der Waals surface area (Å²) in [5, 5.41) is 2.94. The summed E-state index contributed by atoms with van der Waals surface area (Å²) < 4.78 is 5.22. The molecule has 166 valence electrons. The average Bonchev–Trinajstić information content (AvgIpc) is 3.24. The highest BCUT2D eigenvalue weighted by atomic mass is 16.5. The summed E-state index contributed by atoms with van der Waals surface area (Å²) in [5.41, 5.74) is 0.703. The molecule has 8 heteroatoms. The molecule has 3 rings (SSSR count). The lowest BCUT2D eigenvalue weighted by molar-refractivity contribution is 0.132. The van der Waals surface area contributed by atoms with E-state index in [1.165, 1.54) is 19.3 Å². The van der Waals surface area contributed by atoms with E-state index in [2.05, 4.69) is 10.2 Å². The molecule has 0 bridgehead atoms. The monoisotopic (exact) mass is 417 g/mol. The number of nitrogens with zero attached hydrogens (tertiary/aromatic N) is 4. The first-order valence-corrected chi connectivity index (χ1v) is 10.9. The van der Waals surface area contributed by atoms with Gasteiger partial charge >= 0.3 is 12.1 Å². The van der Waals surface area contributed by atoms with Crippen molar-refractivity contribution in [1.82, 2.24) is 19.6 Å². The molecule has 0 spiro atoms. The van der Waals surface area contributed by atoms with Crippen molar-refractivity contribution in [1.29, 1.82) is 0 Å². The number of hydrogen-bond acceptors (Lipinski definition) is 4. The number of nitrogens with one attached hydrogen (secondary N) is 1. The number of rotatable bonds is 6. The van der Waals surface area contributed by atoms with Gasteiger partial charge in [0, 0.05) is 52.0 Å². The summed E-state index contributed by atoms with van der Waals surface area (Å²) in [4.78, 5) is 33.4. The van der Waals surface area contributed by atoms with Gasteiger partial charge < -0.3 is 29.7 Å². The van der Waals surface area contributed by atoms with Crippen LogP contribution in [0.25, 0.3) is 0 Å². The molecule has 1 N–H and O–H groups in total. The SMILES string of the molecule is COc1cccc(NC(=O)N2CCC(N(CCN3CCCCC3)C(=O)N(C)C)C2)c1. The first kappa shape index (κ1) is 22.2. The van der Waals surface area contributed by atoms with Gasteiger partial charge in [0.05, 0.1) is 13.2 Å². The zero-order valence-corrected chi connectivity index (χ0v) is 18.5. The maximum Gasteiger partial charge on any atom is 0.321 e. The van der Waals surface area contributed by atoms with Crippen molar-refractivity contribution in [2.45, 2.75) is 31.7 Å². The van der Waals surface area contributed by atoms with Crippen molar-refractivity contribution in [3.05, 3.63) is 24.3 Å². The first-order valence-electron chi connectivity index (χ1n) is 10.9. The predicted octanol–water partition coefficient (Wildman–Crippen LogP) is 2.77. The van der Waals surface area contributed by atoms with Crippen LogP contribution in [0, 0.1) is 0 Å². The number of anilines is 1. The molecule has 0 radical (unpaired) electrons. The van der Waals surface area contributed by atoms with E-state index in [1.54, 1.807) is 37.1 Å². The molecular formula is C22H35N5O3. The molecule has 2 saturated heterocycles. The summed E-state index contributed by atoms with van der Waals surface area (Å²) >= 11 is 0. The Morgan fingerprint density at radius 2 is 1.93 bits per heavy atom. The van der Waals surface area contributed by atoms with Crippen LogP contribution in [0.2, 0.25) is 0 Å². The fraction of sp³-hybridized carbons (Fsp3) is 0.636. The van der Waals surface area contributed by atoms with Crippen LogP contribution in [0.15, 0.2) is 24.3 Å². The Morgan fingerprint density at radius 1 is 1.17 bits per heavy atom. The number of hydrogen-bond donors (Lipinski definition) is 1. The molecule has 2 aliphatic heterocycles. The molecule has 1 atom stereocenters. The minimum atomic E-state index is -0.140. The fourth-order valence-corrected chi connectivity index (χ4v) is 4.21. The van der Waals surface area contributed by atoms with Crippen molar-refractivity contribution in [3.8, 4) is 5.75 Å². The lowest BCUT2D eigenvalue weighted by Gasteiger charge is -2.34. The number of carbonyl (C=O) groups is 2. The molecule has 2 fully saturated rings. The summed E-state index contributed by atoms with van der Waals surface area (Å²) in [6, 6.07) is 7.25. The number of carbonyl (C=O) groups excluding carboxylic acids is 2. The number of likely N-dealkylation sites (tertiary alicyclic amines) is 2. The molecule has 2 aliphatic rings. The van der Waals surface area contributed by atoms with Crippen LogP contribution in [0.1, 0.15) is 25.7 Å². The summed E-state index contributed by atoms with van der Waals surface area (Å²) in [7, 11) is 5.18. The van der Waals surface area contributed by atoms with Crippen LogP contribution < -0.4 is 10.1 Å². The normalized spacial score (nSPS) is 19.4. The number of ether oxygens (including phenoxy) is 1. The molecule has 1 aromatic rings. The van der Waals surface area contributed by atoms with Gasteiger partial charge in [0.1, 0.15) is 5.75 Å². The van der Waals surface area contributed by atoms with E-state index in [0.29, 0.717) is 31.1 Å². The number of methoxy groups -OCH3 is 1. The third-order valence-corrected chi connectivity index (χ3v) is 5.95. The maximum atomic E-state index is 12.8. The zero-order valence-electron chi connectivity index (χ0n) is 18.5. The smallest absolute Gasteiger partial charge is 0.321 e.